The fourth-order valence-corrected chi connectivity index (χ4v) is 4.59. The average molecular weight is 450 g/mol. The maximum absolute atomic E-state index is 5.01. The fourth-order valence-electron chi connectivity index (χ4n) is 4.59. The topological polar surface area (TPSA) is 56.0 Å². The number of nitrogens with zero attached hydrogens (tertiary/aromatic N) is 5. The summed E-state index contributed by atoms with van der Waals surface area (Å²) in [4.78, 5) is 19.6. The van der Waals surface area contributed by atoms with Crippen molar-refractivity contribution >= 4 is 27.6 Å². The molecule has 0 atom stereocenters. The summed E-state index contributed by atoms with van der Waals surface area (Å²) in [6.07, 6.45) is 0. The summed E-state index contributed by atoms with van der Waals surface area (Å²) in [6, 6.07) is 38.7. The van der Waals surface area contributed by atoms with Crippen LogP contribution in [0, 0.1) is 0 Å². The van der Waals surface area contributed by atoms with Crippen molar-refractivity contribution < 1.29 is 0 Å². The first kappa shape index (κ1) is 19.6. The highest BCUT2D eigenvalue weighted by atomic mass is 15.0. The highest BCUT2D eigenvalue weighted by molar-refractivity contribution is 5.97. The van der Waals surface area contributed by atoms with Crippen LogP contribution in [0.3, 0.4) is 0 Å². The summed E-state index contributed by atoms with van der Waals surface area (Å²) in [5.74, 6) is 1.89. The van der Waals surface area contributed by atoms with Gasteiger partial charge in [0, 0.05) is 16.7 Å². The quantitative estimate of drug-likeness (QED) is 0.297. The molecule has 7 rings (SSSR count). The summed E-state index contributed by atoms with van der Waals surface area (Å²) >= 11 is 0. The highest BCUT2D eigenvalue weighted by Crippen LogP contribution is 2.31. The summed E-state index contributed by atoms with van der Waals surface area (Å²) in [6.45, 7) is 0. The third-order valence-electron chi connectivity index (χ3n) is 6.24. The molecule has 0 aliphatic rings. The number of aromatic nitrogens is 5. The van der Waals surface area contributed by atoms with Crippen LogP contribution in [0.5, 0.6) is 0 Å². The van der Waals surface area contributed by atoms with Crippen LogP contribution in [0.1, 0.15) is 0 Å². The van der Waals surface area contributed by atoms with Gasteiger partial charge in [0.2, 0.25) is 0 Å². The first-order valence-corrected chi connectivity index (χ1v) is 11.5. The Kier molecular flexibility index (Phi) is 4.39. The molecule has 0 aliphatic carbocycles. The van der Waals surface area contributed by atoms with Crippen molar-refractivity contribution in [3.05, 3.63) is 115 Å². The molecule has 7 aromatic rings. The number of fused-ring (bicyclic) bond motifs is 5. The maximum Gasteiger partial charge on any atom is 0.166 e. The van der Waals surface area contributed by atoms with Crippen molar-refractivity contribution in [2.24, 2.45) is 0 Å². The molecule has 0 saturated carbocycles. The van der Waals surface area contributed by atoms with Crippen molar-refractivity contribution in [3.8, 4) is 34.2 Å². The van der Waals surface area contributed by atoms with Crippen molar-refractivity contribution in [1.82, 2.24) is 24.3 Å². The van der Waals surface area contributed by atoms with E-state index in [9.17, 15) is 0 Å². The molecule has 164 valence electrons. The normalized spacial score (nSPS) is 11.4. The second-order valence-corrected chi connectivity index (χ2v) is 8.41. The Morgan fingerprint density at radius 3 is 1.74 bits per heavy atom. The van der Waals surface area contributed by atoms with Gasteiger partial charge in [-0.2, -0.15) is 0 Å². The van der Waals surface area contributed by atoms with Crippen molar-refractivity contribution in [3.63, 3.8) is 0 Å². The van der Waals surface area contributed by atoms with Crippen LogP contribution < -0.4 is 0 Å². The Hall–Kier alpha value is -4.90. The van der Waals surface area contributed by atoms with Gasteiger partial charge in [-0.1, -0.05) is 84.9 Å². The van der Waals surface area contributed by atoms with Gasteiger partial charge in [0.1, 0.15) is 11.2 Å². The first-order chi connectivity index (χ1) is 17.3. The minimum atomic E-state index is 0.607. The van der Waals surface area contributed by atoms with Crippen LogP contribution >= 0.6 is 0 Å². The number of benzene rings is 4. The van der Waals surface area contributed by atoms with Gasteiger partial charge >= 0.3 is 0 Å². The average Bonchev–Trinajstić information content (AvgIpc) is 3.33. The second kappa shape index (κ2) is 7.85. The molecule has 0 amide bonds. The van der Waals surface area contributed by atoms with Gasteiger partial charge in [-0.25, -0.2) is 19.9 Å². The molecule has 4 aromatic carbocycles. The van der Waals surface area contributed by atoms with Crippen molar-refractivity contribution in [1.29, 1.82) is 0 Å². The zero-order chi connectivity index (χ0) is 23.2. The highest BCUT2D eigenvalue weighted by Gasteiger charge is 2.17. The SMILES string of the molecule is c1ccc(-c2nc(-c3ccccc3)nc(-c3cccc4c3nc3ccc5ccccc5n34)n2)cc1. The number of para-hydroxylation sites is 2. The summed E-state index contributed by atoms with van der Waals surface area (Å²) < 4.78 is 2.20. The van der Waals surface area contributed by atoms with Gasteiger partial charge in [-0.05, 0) is 35.7 Å². The number of hydrogen-bond donors (Lipinski definition) is 0. The van der Waals surface area contributed by atoms with E-state index in [1.54, 1.807) is 0 Å². The molecule has 3 aromatic heterocycles. The first-order valence-electron chi connectivity index (χ1n) is 11.5. The van der Waals surface area contributed by atoms with Gasteiger partial charge in [0.15, 0.2) is 17.5 Å². The lowest BCUT2D eigenvalue weighted by Gasteiger charge is -2.09. The third kappa shape index (κ3) is 3.25. The molecular weight excluding hydrogens is 430 g/mol. The lowest BCUT2D eigenvalue weighted by molar-refractivity contribution is 1.08. The van der Waals surface area contributed by atoms with Gasteiger partial charge < -0.3 is 0 Å². The molecule has 0 saturated heterocycles. The number of imidazole rings is 1. The molecular formula is C30H19N5. The minimum absolute atomic E-state index is 0.607. The van der Waals surface area contributed by atoms with E-state index in [0.717, 1.165) is 38.9 Å². The Labute approximate surface area is 201 Å². The number of pyridine rings is 1. The monoisotopic (exact) mass is 449 g/mol. The van der Waals surface area contributed by atoms with E-state index in [-0.39, 0.29) is 0 Å². The summed E-state index contributed by atoms with van der Waals surface area (Å²) in [5, 5.41) is 1.17. The van der Waals surface area contributed by atoms with E-state index < -0.39 is 0 Å². The molecule has 0 N–H and O–H groups in total. The smallest absolute Gasteiger partial charge is 0.166 e. The summed E-state index contributed by atoms with van der Waals surface area (Å²) in [7, 11) is 0. The van der Waals surface area contributed by atoms with E-state index in [1.165, 1.54) is 5.39 Å². The van der Waals surface area contributed by atoms with Crippen LogP contribution in [0.2, 0.25) is 0 Å². The largest absolute Gasteiger partial charge is 0.292 e. The fraction of sp³-hybridized carbons (Fsp3) is 0. The lowest BCUT2D eigenvalue weighted by atomic mass is 10.1. The zero-order valence-electron chi connectivity index (χ0n) is 18.7. The minimum Gasteiger partial charge on any atom is -0.292 e. The van der Waals surface area contributed by atoms with E-state index in [2.05, 4.69) is 46.9 Å². The molecule has 0 bridgehead atoms. The zero-order valence-corrected chi connectivity index (χ0v) is 18.7. The molecule has 5 nitrogen and oxygen atoms in total. The summed E-state index contributed by atoms with van der Waals surface area (Å²) in [5.41, 5.74) is 6.68. The predicted octanol–water partition coefficient (Wildman–Crippen LogP) is 6.83. The Balaban J connectivity index is 1.52. The van der Waals surface area contributed by atoms with Gasteiger partial charge in [-0.15, -0.1) is 0 Å². The Bertz CT molecular complexity index is 1780. The molecule has 0 aliphatic heterocycles. The maximum atomic E-state index is 5.01. The van der Waals surface area contributed by atoms with E-state index >= 15 is 0 Å². The third-order valence-corrected chi connectivity index (χ3v) is 6.24. The lowest BCUT2D eigenvalue weighted by Crippen LogP contribution is -2.00. The molecule has 0 unspecified atom stereocenters. The van der Waals surface area contributed by atoms with Crippen LogP contribution in [0.15, 0.2) is 115 Å². The second-order valence-electron chi connectivity index (χ2n) is 8.41. The van der Waals surface area contributed by atoms with Crippen LogP contribution in [-0.2, 0) is 0 Å². The molecule has 5 heteroatoms. The van der Waals surface area contributed by atoms with Crippen molar-refractivity contribution in [2.75, 3.05) is 0 Å². The van der Waals surface area contributed by atoms with Crippen LogP contribution in [0.25, 0.3) is 61.7 Å². The van der Waals surface area contributed by atoms with E-state index in [0.29, 0.717) is 17.5 Å². The molecule has 0 spiro atoms. The molecule has 3 heterocycles. The molecule has 0 radical (unpaired) electrons. The van der Waals surface area contributed by atoms with E-state index in [4.69, 9.17) is 19.9 Å². The predicted molar refractivity (Wildman–Crippen MR) is 140 cm³/mol. The van der Waals surface area contributed by atoms with Gasteiger partial charge in [-0.3, -0.25) is 4.40 Å². The van der Waals surface area contributed by atoms with Gasteiger partial charge in [0.05, 0.1) is 11.0 Å². The molecule has 0 fully saturated rings. The number of rotatable bonds is 3. The van der Waals surface area contributed by atoms with E-state index in [1.807, 2.05) is 72.8 Å². The van der Waals surface area contributed by atoms with Gasteiger partial charge in [0.25, 0.3) is 0 Å². The van der Waals surface area contributed by atoms with Crippen molar-refractivity contribution in [2.45, 2.75) is 0 Å². The Morgan fingerprint density at radius 1 is 0.429 bits per heavy atom. The van der Waals surface area contributed by atoms with Crippen LogP contribution in [-0.4, -0.2) is 24.3 Å². The number of hydrogen-bond acceptors (Lipinski definition) is 4. The molecule has 35 heavy (non-hydrogen) atoms. The Morgan fingerprint density at radius 2 is 1.03 bits per heavy atom. The standard InChI is InChI=1S/C30H19N5/c1-3-11-21(12-4-1)28-32-29(22-13-5-2-6-14-22)34-30(33-28)23-15-9-17-25-27(23)31-26-19-18-20-10-7-8-16-24(20)35(25)26/h1-19H. The van der Waals surface area contributed by atoms with Crippen LogP contribution in [0.4, 0.5) is 0 Å².